The van der Waals surface area contributed by atoms with Crippen molar-refractivity contribution in [2.24, 2.45) is 0 Å². The number of ether oxygens (including phenoxy) is 1. The van der Waals surface area contributed by atoms with Gasteiger partial charge in [-0.15, -0.1) is 4.37 Å². The Hall–Kier alpha value is -1.57. The molecule has 2 rings (SSSR count). The zero-order valence-electron chi connectivity index (χ0n) is 10.6. The fourth-order valence-corrected chi connectivity index (χ4v) is 1.89. The van der Waals surface area contributed by atoms with Crippen molar-refractivity contribution in [1.82, 2.24) is 19.0 Å². The van der Waals surface area contributed by atoms with Crippen LogP contribution >= 0.6 is 11.7 Å². The Labute approximate surface area is 115 Å². The molecule has 2 aromatic heterocycles. The monoisotopic (exact) mass is 280 g/mol. The first-order valence-corrected chi connectivity index (χ1v) is 6.70. The van der Waals surface area contributed by atoms with Gasteiger partial charge in [-0.1, -0.05) is 6.07 Å². The van der Waals surface area contributed by atoms with Crippen LogP contribution in [-0.2, 0) is 0 Å². The van der Waals surface area contributed by atoms with Gasteiger partial charge in [-0.3, -0.25) is 4.98 Å². The van der Waals surface area contributed by atoms with Crippen LogP contribution in [0.5, 0.6) is 5.88 Å². The van der Waals surface area contributed by atoms with Gasteiger partial charge >= 0.3 is 0 Å². The molecule has 0 radical (unpaired) electrons. The van der Waals surface area contributed by atoms with Gasteiger partial charge in [0.05, 0.1) is 11.7 Å². The lowest BCUT2D eigenvalue weighted by Crippen LogP contribution is -2.33. The molecule has 2 heterocycles. The van der Waals surface area contributed by atoms with Crippen molar-refractivity contribution in [2.75, 3.05) is 13.2 Å². The van der Waals surface area contributed by atoms with Gasteiger partial charge in [0.2, 0.25) is 5.88 Å². The van der Waals surface area contributed by atoms with Crippen LogP contribution in [0.15, 0.2) is 30.7 Å². The van der Waals surface area contributed by atoms with Crippen LogP contribution in [0.25, 0.3) is 0 Å². The molecule has 0 spiro atoms. The summed E-state index contributed by atoms with van der Waals surface area (Å²) in [5.41, 5.74) is 1.08. The SMILES string of the molecule is C[C@@H](NCC(O)COc1cnsn1)c1cccnc1. The standard InChI is InChI=1S/C12H16N4O2S/c1-9(10-3-2-4-13-5-10)14-6-11(17)8-18-12-7-15-19-16-12/h2-5,7,9,11,14,17H,6,8H2,1H3/t9-,11?/m1/s1. The van der Waals surface area contributed by atoms with Crippen LogP contribution in [0, 0.1) is 0 Å². The van der Waals surface area contributed by atoms with Crippen LogP contribution in [-0.4, -0.2) is 38.1 Å². The summed E-state index contributed by atoms with van der Waals surface area (Å²) in [6, 6.07) is 4.01. The Kier molecular flexibility index (Phi) is 5.20. The highest BCUT2D eigenvalue weighted by atomic mass is 32.1. The summed E-state index contributed by atoms with van der Waals surface area (Å²) >= 11 is 1.08. The normalized spacial score (nSPS) is 14.0. The molecule has 7 heteroatoms. The molecule has 19 heavy (non-hydrogen) atoms. The zero-order valence-corrected chi connectivity index (χ0v) is 11.4. The molecular weight excluding hydrogens is 264 g/mol. The lowest BCUT2D eigenvalue weighted by atomic mass is 10.1. The van der Waals surface area contributed by atoms with Crippen molar-refractivity contribution >= 4 is 11.7 Å². The number of aromatic nitrogens is 3. The number of pyridine rings is 1. The molecule has 0 saturated heterocycles. The Morgan fingerprint density at radius 3 is 3.05 bits per heavy atom. The number of aliphatic hydroxyl groups excluding tert-OH is 1. The third-order valence-corrected chi connectivity index (χ3v) is 3.07. The topological polar surface area (TPSA) is 80.2 Å². The molecule has 1 unspecified atom stereocenters. The number of hydrogen-bond acceptors (Lipinski definition) is 7. The number of hydrogen-bond donors (Lipinski definition) is 2. The second-order valence-electron chi connectivity index (χ2n) is 4.13. The van der Waals surface area contributed by atoms with Crippen LogP contribution in [0.3, 0.4) is 0 Å². The highest BCUT2D eigenvalue weighted by Gasteiger charge is 2.10. The third-order valence-electron chi connectivity index (χ3n) is 2.61. The first kappa shape index (κ1) is 13.9. The van der Waals surface area contributed by atoms with E-state index in [0.29, 0.717) is 12.4 Å². The third kappa shape index (κ3) is 4.55. The molecule has 0 saturated carbocycles. The van der Waals surface area contributed by atoms with E-state index in [1.165, 1.54) is 6.20 Å². The molecule has 6 nitrogen and oxygen atoms in total. The van der Waals surface area contributed by atoms with Gasteiger partial charge in [-0.2, -0.15) is 4.37 Å². The predicted octanol–water partition coefficient (Wildman–Crippen LogP) is 1.02. The van der Waals surface area contributed by atoms with Crippen LogP contribution < -0.4 is 10.1 Å². The van der Waals surface area contributed by atoms with E-state index in [4.69, 9.17) is 4.74 Å². The molecule has 0 aromatic carbocycles. The molecule has 0 fully saturated rings. The lowest BCUT2D eigenvalue weighted by Gasteiger charge is -2.17. The maximum atomic E-state index is 9.80. The summed E-state index contributed by atoms with van der Waals surface area (Å²) in [5, 5.41) is 13.0. The summed E-state index contributed by atoms with van der Waals surface area (Å²) in [6.45, 7) is 2.65. The van der Waals surface area contributed by atoms with E-state index in [1.54, 1.807) is 6.20 Å². The minimum absolute atomic E-state index is 0.129. The van der Waals surface area contributed by atoms with Gasteiger partial charge < -0.3 is 15.2 Å². The summed E-state index contributed by atoms with van der Waals surface area (Å²) in [6.07, 6.45) is 4.48. The van der Waals surface area contributed by atoms with Crippen molar-refractivity contribution in [2.45, 2.75) is 19.1 Å². The second kappa shape index (κ2) is 7.13. The Bertz CT molecular complexity index is 466. The highest BCUT2D eigenvalue weighted by Crippen LogP contribution is 2.10. The number of nitrogens with zero attached hydrogens (tertiary/aromatic N) is 3. The Morgan fingerprint density at radius 2 is 2.37 bits per heavy atom. The lowest BCUT2D eigenvalue weighted by molar-refractivity contribution is 0.102. The Balaban J connectivity index is 1.70. The largest absolute Gasteiger partial charge is 0.473 e. The van der Waals surface area contributed by atoms with Gasteiger partial charge in [0.15, 0.2) is 0 Å². The molecule has 0 aliphatic heterocycles. The van der Waals surface area contributed by atoms with Crippen molar-refractivity contribution in [3.63, 3.8) is 0 Å². The van der Waals surface area contributed by atoms with Crippen molar-refractivity contribution in [3.8, 4) is 5.88 Å². The van der Waals surface area contributed by atoms with E-state index in [1.807, 2.05) is 25.3 Å². The molecular formula is C12H16N4O2S. The molecule has 2 atom stereocenters. The number of nitrogens with one attached hydrogen (secondary N) is 1. The zero-order chi connectivity index (χ0) is 13.5. The average Bonchev–Trinajstić information content (AvgIpc) is 2.96. The Morgan fingerprint density at radius 1 is 1.47 bits per heavy atom. The van der Waals surface area contributed by atoms with Gasteiger partial charge in [-0.05, 0) is 18.6 Å². The van der Waals surface area contributed by atoms with Gasteiger partial charge in [0.25, 0.3) is 0 Å². The molecule has 0 aliphatic carbocycles. The van der Waals surface area contributed by atoms with Crippen molar-refractivity contribution in [1.29, 1.82) is 0 Å². The molecule has 0 bridgehead atoms. The molecule has 2 N–H and O–H groups in total. The fourth-order valence-electron chi connectivity index (χ4n) is 1.52. The number of rotatable bonds is 7. The molecule has 102 valence electrons. The first-order chi connectivity index (χ1) is 9.25. The summed E-state index contributed by atoms with van der Waals surface area (Å²) in [4.78, 5) is 4.06. The minimum atomic E-state index is -0.596. The maximum absolute atomic E-state index is 9.80. The summed E-state index contributed by atoms with van der Waals surface area (Å²) in [7, 11) is 0. The summed E-state index contributed by atoms with van der Waals surface area (Å²) in [5.74, 6) is 0.448. The van der Waals surface area contributed by atoms with E-state index in [2.05, 4.69) is 19.0 Å². The highest BCUT2D eigenvalue weighted by molar-refractivity contribution is 6.99. The van der Waals surface area contributed by atoms with Gasteiger partial charge in [0, 0.05) is 25.0 Å². The minimum Gasteiger partial charge on any atom is -0.473 e. The smallest absolute Gasteiger partial charge is 0.245 e. The van der Waals surface area contributed by atoms with E-state index in [-0.39, 0.29) is 12.6 Å². The predicted molar refractivity (Wildman–Crippen MR) is 72.1 cm³/mol. The fraction of sp³-hybridized carbons (Fsp3) is 0.417. The van der Waals surface area contributed by atoms with E-state index in [9.17, 15) is 5.11 Å². The quantitative estimate of drug-likeness (QED) is 0.788. The van der Waals surface area contributed by atoms with E-state index >= 15 is 0 Å². The molecule has 2 aromatic rings. The number of aliphatic hydroxyl groups is 1. The van der Waals surface area contributed by atoms with Crippen molar-refractivity contribution < 1.29 is 9.84 Å². The van der Waals surface area contributed by atoms with Crippen LogP contribution in [0.1, 0.15) is 18.5 Å². The average molecular weight is 280 g/mol. The van der Waals surface area contributed by atoms with E-state index in [0.717, 1.165) is 17.3 Å². The first-order valence-electron chi connectivity index (χ1n) is 5.97. The molecule has 0 amide bonds. The van der Waals surface area contributed by atoms with Crippen molar-refractivity contribution in [3.05, 3.63) is 36.3 Å². The summed E-state index contributed by atoms with van der Waals surface area (Å²) < 4.78 is 13.0. The van der Waals surface area contributed by atoms with Gasteiger partial charge in [-0.25, -0.2) is 0 Å². The van der Waals surface area contributed by atoms with E-state index < -0.39 is 6.10 Å². The van der Waals surface area contributed by atoms with Gasteiger partial charge in [0.1, 0.15) is 18.9 Å². The van der Waals surface area contributed by atoms with Crippen LogP contribution in [0.2, 0.25) is 0 Å². The molecule has 0 aliphatic rings. The van der Waals surface area contributed by atoms with Crippen LogP contribution in [0.4, 0.5) is 0 Å². The maximum Gasteiger partial charge on any atom is 0.245 e. The second-order valence-corrected chi connectivity index (χ2v) is 4.68.